The highest BCUT2D eigenvalue weighted by molar-refractivity contribution is 5.76. The summed E-state index contributed by atoms with van der Waals surface area (Å²) in [6.07, 6.45) is 11.9. The van der Waals surface area contributed by atoms with Crippen molar-refractivity contribution in [2.45, 2.75) is 118 Å². The molecule has 0 heterocycles. The molecular formula is C38H57NO4. The average molecular weight is 592 g/mol. The van der Waals surface area contributed by atoms with E-state index in [4.69, 9.17) is 0 Å². The highest BCUT2D eigenvalue weighted by atomic mass is 16.4. The maximum absolute atomic E-state index is 12.9. The van der Waals surface area contributed by atoms with Gasteiger partial charge in [-0.1, -0.05) is 52.8 Å². The van der Waals surface area contributed by atoms with Gasteiger partial charge < -0.3 is 20.6 Å². The van der Waals surface area contributed by atoms with Crippen LogP contribution < -0.4 is 5.32 Å². The molecule has 1 aromatic rings. The van der Waals surface area contributed by atoms with Gasteiger partial charge in [-0.2, -0.15) is 0 Å². The van der Waals surface area contributed by atoms with Crippen LogP contribution in [0.4, 0.5) is 0 Å². The summed E-state index contributed by atoms with van der Waals surface area (Å²) in [6, 6.07) is 5.60. The third-order valence-electron chi connectivity index (χ3n) is 15.4. The van der Waals surface area contributed by atoms with Gasteiger partial charge in [0, 0.05) is 6.04 Å². The van der Waals surface area contributed by atoms with Crippen LogP contribution in [0.5, 0.6) is 11.5 Å². The van der Waals surface area contributed by atoms with Crippen molar-refractivity contribution in [3.05, 3.63) is 35.9 Å². The first-order valence-electron chi connectivity index (χ1n) is 17.2. The summed E-state index contributed by atoms with van der Waals surface area (Å²) in [5.74, 6) is 1.71. The monoisotopic (exact) mass is 591 g/mol. The van der Waals surface area contributed by atoms with E-state index in [-0.39, 0.29) is 39.1 Å². The van der Waals surface area contributed by atoms with Crippen LogP contribution >= 0.6 is 0 Å². The molecule has 1 aromatic carbocycles. The number of phenolic OH excluding ortho intramolecular Hbond substituents is 2. The van der Waals surface area contributed by atoms with E-state index < -0.39 is 11.4 Å². The van der Waals surface area contributed by atoms with Crippen molar-refractivity contribution in [2.75, 3.05) is 6.54 Å². The van der Waals surface area contributed by atoms with Crippen molar-refractivity contribution in [1.82, 2.24) is 5.32 Å². The van der Waals surface area contributed by atoms with E-state index in [9.17, 15) is 20.1 Å². The zero-order chi connectivity index (χ0) is 31.2. The number of fused-ring (bicyclic) bond motifs is 7. The molecule has 5 nitrogen and oxygen atoms in total. The Morgan fingerprint density at radius 2 is 1.63 bits per heavy atom. The molecule has 0 aliphatic heterocycles. The summed E-state index contributed by atoms with van der Waals surface area (Å²) >= 11 is 0. The van der Waals surface area contributed by atoms with Gasteiger partial charge in [0.05, 0.1) is 5.41 Å². The van der Waals surface area contributed by atoms with Crippen LogP contribution in [0.15, 0.2) is 30.4 Å². The predicted molar refractivity (Wildman–Crippen MR) is 172 cm³/mol. The van der Waals surface area contributed by atoms with Gasteiger partial charge in [0.15, 0.2) is 11.5 Å². The van der Waals surface area contributed by atoms with Crippen molar-refractivity contribution in [2.24, 2.45) is 56.7 Å². The lowest BCUT2D eigenvalue weighted by Crippen LogP contribution is -2.67. The maximum atomic E-state index is 12.9. The van der Waals surface area contributed by atoms with Gasteiger partial charge in [0.2, 0.25) is 0 Å². The van der Waals surface area contributed by atoms with Gasteiger partial charge in [0.25, 0.3) is 0 Å². The van der Waals surface area contributed by atoms with Crippen molar-refractivity contribution < 1.29 is 20.1 Å². The molecule has 0 unspecified atom stereocenters. The topological polar surface area (TPSA) is 89.8 Å². The Morgan fingerprint density at radius 3 is 2.30 bits per heavy atom. The standard InChI is InChI=1S/C38H57NO4/c1-23(2)25-12-18-38(33(42)43)20-19-36(6)26(32(25)38)9-11-30-35(5)16-14-31(34(3,4)29(35)13-17-37(30,36)7)39-21-15-24-8-10-27(40)28(41)22-24/h8,10,22,25-26,29-32,39-41H,1,9,11-21H2,2-7H3,(H,42,43)/t25-,26+,29-,30+,31-,32+,35-,36+,37+,38-/m0/s1. The number of phenols is 2. The Bertz CT molecular complexity index is 1290. The van der Waals surface area contributed by atoms with Gasteiger partial charge in [-0.05, 0) is 153 Å². The molecule has 10 atom stereocenters. The number of carbonyl (C=O) groups is 1. The van der Waals surface area contributed by atoms with Crippen LogP contribution in [0.1, 0.15) is 111 Å². The van der Waals surface area contributed by atoms with E-state index in [1.165, 1.54) is 44.1 Å². The zero-order valence-corrected chi connectivity index (χ0v) is 27.6. The third kappa shape index (κ3) is 4.29. The number of carboxylic acids is 1. The van der Waals surface area contributed by atoms with Crippen LogP contribution in [0.25, 0.3) is 0 Å². The summed E-state index contributed by atoms with van der Waals surface area (Å²) < 4.78 is 0. The van der Waals surface area contributed by atoms with Gasteiger partial charge in [0.1, 0.15) is 0 Å². The molecule has 0 bridgehead atoms. The Hall–Kier alpha value is -2.01. The molecule has 5 heteroatoms. The van der Waals surface area contributed by atoms with E-state index in [2.05, 4.69) is 53.4 Å². The maximum Gasteiger partial charge on any atom is 0.309 e. The van der Waals surface area contributed by atoms with Gasteiger partial charge in [-0.3, -0.25) is 4.79 Å². The molecule has 5 saturated carbocycles. The molecule has 5 fully saturated rings. The van der Waals surface area contributed by atoms with Crippen molar-refractivity contribution in [3.63, 3.8) is 0 Å². The number of hydrogen-bond acceptors (Lipinski definition) is 4. The van der Waals surface area contributed by atoms with Crippen molar-refractivity contribution in [1.29, 1.82) is 0 Å². The third-order valence-corrected chi connectivity index (χ3v) is 15.4. The quantitative estimate of drug-likeness (QED) is 0.197. The number of allylic oxidation sites excluding steroid dienone is 1. The fourth-order valence-corrected chi connectivity index (χ4v) is 13.0. The van der Waals surface area contributed by atoms with Crippen LogP contribution in [-0.2, 0) is 11.2 Å². The number of rotatable bonds is 6. The minimum absolute atomic E-state index is 0.0466. The van der Waals surface area contributed by atoms with Gasteiger partial charge >= 0.3 is 5.97 Å². The Morgan fingerprint density at radius 1 is 0.884 bits per heavy atom. The fourth-order valence-electron chi connectivity index (χ4n) is 13.0. The van der Waals surface area contributed by atoms with E-state index in [0.29, 0.717) is 29.7 Å². The predicted octanol–water partition coefficient (Wildman–Crippen LogP) is 8.34. The number of hydrogen-bond donors (Lipinski definition) is 4. The summed E-state index contributed by atoms with van der Waals surface area (Å²) in [5, 5.41) is 34.2. The second-order valence-corrected chi connectivity index (χ2v) is 17.1. The number of benzene rings is 1. The van der Waals surface area contributed by atoms with Crippen LogP contribution in [-0.4, -0.2) is 33.9 Å². The number of nitrogens with one attached hydrogen (secondary N) is 1. The summed E-state index contributed by atoms with van der Waals surface area (Å²) in [6.45, 7) is 20.3. The largest absolute Gasteiger partial charge is 0.504 e. The molecule has 43 heavy (non-hydrogen) atoms. The molecule has 0 saturated heterocycles. The fraction of sp³-hybridized carbons (Fsp3) is 0.763. The summed E-state index contributed by atoms with van der Waals surface area (Å²) in [4.78, 5) is 12.9. The second kappa shape index (κ2) is 10.3. The lowest BCUT2D eigenvalue weighted by molar-refractivity contribution is -0.240. The first kappa shape index (κ1) is 31.0. The van der Waals surface area contributed by atoms with E-state index in [0.717, 1.165) is 44.2 Å². The van der Waals surface area contributed by atoms with Crippen LogP contribution in [0.3, 0.4) is 0 Å². The van der Waals surface area contributed by atoms with Crippen LogP contribution in [0.2, 0.25) is 0 Å². The van der Waals surface area contributed by atoms with Gasteiger partial charge in [-0.15, -0.1) is 0 Å². The average Bonchev–Trinajstić information content (AvgIpc) is 3.34. The molecule has 238 valence electrons. The van der Waals surface area contributed by atoms with Crippen LogP contribution in [0, 0.1) is 56.7 Å². The molecule has 5 aliphatic carbocycles. The minimum atomic E-state index is -0.553. The molecule has 4 N–H and O–H groups in total. The Balaban J connectivity index is 1.23. The first-order chi connectivity index (χ1) is 20.1. The SMILES string of the molecule is C=C(C)[C@@H]1CC[C@]2(C(=O)O)CC[C@]3(C)[C@H](CC[C@@H]4[C@@]5(C)CC[C@H](NCCc6ccc(O)c(O)c6)C(C)(C)[C@@H]5CC[C@]43C)[C@@H]12. The molecule has 0 amide bonds. The minimum Gasteiger partial charge on any atom is -0.504 e. The van der Waals surface area contributed by atoms with Crippen molar-refractivity contribution >= 4 is 5.97 Å². The van der Waals surface area contributed by atoms with Gasteiger partial charge in [-0.25, -0.2) is 0 Å². The lowest BCUT2D eigenvalue weighted by Gasteiger charge is -2.73. The number of aromatic hydroxyl groups is 2. The highest BCUT2D eigenvalue weighted by Gasteiger charge is 2.72. The van der Waals surface area contributed by atoms with E-state index >= 15 is 0 Å². The number of aliphatic carboxylic acids is 1. The molecular weight excluding hydrogens is 534 g/mol. The Kier molecular flexibility index (Phi) is 7.39. The van der Waals surface area contributed by atoms with E-state index in [1.54, 1.807) is 12.1 Å². The lowest BCUT2D eigenvalue weighted by atomic mass is 9.32. The molecule has 0 aromatic heterocycles. The second-order valence-electron chi connectivity index (χ2n) is 17.1. The van der Waals surface area contributed by atoms with E-state index in [1.807, 2.05) is 6.07 Å². The summed E-state index contributed by atoms with van der Waals surface area (Å²) in [5.41, 5.74) is 2.54. The summed E-state index contributed by atoms with van der Waals surface area (Å²) in [7, 11) is 0. The first-order valence-corrected chi connectivity index (χ1v) is 17.2. The zero-order valence-electron chi connectivity index (χ0n) is 27.6. The highest BCUT2D eigenvalue weighted by Crippen LogP contribution is 2.77. The Labute approximate surface area is 259 Å². The number of carboxylic acid groups (broad SMARTS) is 1. The molecule has 6 rings (SSSR count). The smallest absolute Gasteiger partial charge is 0.309 e. The molecule has 5 aliphatic rings. The normalized spacial score (nSPS) is 44.9. The van der Waals surface area contributed by atoms with Crippen molar-refractivity contribution in [3.8, 4) is 11.5 Å². The molecule has 0 spiro atoms. The molecule has 0 radical (unpaired) electrons.